The molecule has 0 aliphatic carbocycles. The Labute approximate surface area is 155 Å². The van der Waals surface area contributed by atoms with Crippen molar-refractivity contribution in [1.82, 2.24) is 5.32 Å². The van der Waals surface area contributed by atoms with E-state index in [1.807, 2.05) is 20.9 Å². The van der Waals surface area contributed by atoms with Gasteiger partial charge in [-0.3, -0.25) is 0 Å². The van der Waals surface area contributed by atoms with Crippen molar-refractivity contribution in [3.05, 3.63) is 45.1 Å². The van der Waals surface area contributed by atoms with Crippen LogP contribution in [0.3, 0.4) is 0 Å². The van der Waals surface area contributed by atoms with Gasteiger partial charge < -0.3 is 16.0 Å². The van der Waals surface area contributed by atoms with E-state index in [0.717, 1.165) is 24.4 Å². The highest BCUT2D eigenvalue weighted by Gasteiger charge is 2.31. The normalized spacial score (nSPS) is 21.2. The fourth-order valence-corrected chi connectivity index (χ4v) is 3.67. The van der Waals surface area contributed by atoms with Gasteiger partial charge in [0, 0.05) is 40.6 Å². The average molecular weight is 368 g/mol. The maximum atomic E-state index is 6.29. The summed E-state index contributed by atoms with van der Waals surface area (Å²) >= 11 is 12.2. The van der Waals surface area contributed by atoms with Gasteiger partial charge in [-0.2, -0.15) is 0 Å². The molecule has 2 rings (SSSR count). The monoisotopic (exact) mass is 367 g/mol. The van der Waals surface area contributed by atoms with Crippen molar-refractivity contribution in [1.29, 1.82) is 0 Å². The number of halogens is 2. The summed E-state index contributed by atoms with van der Waals surface area (Å²) in [5.41, 5.74) is 5.84. The number of hydrogen-bond acceptors (Lipinski definition) is 3. The summed E-state index contributed by atoms with van der Waals surface area (Å²) in [4.78, 5) is 0. The van der Waals surface area contributed by atoms with E-state index >= 15 is 0 Å². The molecule has 1 heterocycles. The summed E-state index contributed by atoms with van der Waals surface area (Å²) in [7, 11) is 2.01. The number of benzene rings is 1. The average Bonchev–Trinajstić information content (AvgIpc) is 2.85. The minimum Gasteiger partial charge on any atom is -0.381 e. The van der Waals surface area contributed by atoms with Crippen LogP contribution in [0.4, 0.5) is 11.4 Å². The van der Waals surface area contributed by atoms with Gasteiger partial charge in [0.15, 0.2) is 0 Å². The molecular formula is C19H27Cl2N3. The molecule has 1 aliphatic rings. The molecule has 132 valence electrons. The van der Waals surface area contributed by atoms with Gasteiger partial charge in [-0.1, -0.05) is 30.1 Å². The molecule has 24 heavy (non-hydrogen) atoms. The number of aryl methyl sites for hydroxylation is 1. The van der Waals surface area contributed by atoms with Crippen LogP contribution in [0, 0.1) is 6.92 Å². The van der Waals surface area contributed by atoms with Crippen LogP contribution in [0.2, 0.25) is 0 Å². The van der Waals surface area contributed by atoms with Crippen LogP contribution in [0.25, 0.3) is 0 Å². The molecule has 1 aromatic carbocycles. The second-order valence-corrected chi connectivity index (χ2v) is 7.41. The van der Waals surface area contributed by atoms with Gasteiger partial charge in [0.05, 0.1) is 5.03 Å². The van der Waals surface area contributed by atoms with Gasteiger partial charge in [0.2, 0.25) is 0 Å². The first-order chi connectivity index (χ1) is 11.4. The molecule has 0 unspecified atom stereocenters. The first-order valence-corrected chi connectivity index (χ1v) is 9.15. The molecule has 5 heteroatoms. The fraction of sp³-hybridized carbons (Fsp3) is 0.474. The number of hydrogen-bond donors (Lipinski definition) is 3. The quantitative estimate of drug-likeness (QED) is 0.578. The number of rotatable bonds is 6. The molecule has 0 fully saturated rings. The first-order valence-electron chi connectivity index (χ1n) is 8.40. The minimum absolute atomic E-state index is 0.472. The molecule has 0 spiro atoms. The van der Waals surface area contributed by atoms with Crippen LogP contribution in [-0.2, 0) is 0 Å². The van der Waals surface area contributed by atoms with E-state index in [4.69, 9.17) is 23.2 Å². The van der Waals surface area contributed by atoms with E-state index in [2.05, 4.69) is 41.9 Å². The van der Waals surface area contributed by atoms with Gasteiger partial charge >= 0.3 is 0 Å². The van der Waals surface area contributed by atoms with Gasteiger partial charge in [-0.25, -0.2) is 0 Å². The van der Waals surface area contributed by atoms with Gasteiger partial charge in [0.1, 0.15) is 0 Å². The summed E-state index contributed by atoms with van der Waals surface area (Å²) in [5, 5.41) is 11.7. The molecule has 0 aromatic heterocycles. The number of allylic oxidation sites excluding steroid dienone is 4. The highest BCUT2D eigenvalue weighted by molar-refractivity contribution is 6.34. The summed E-state index contributed by atoms with van der Waals surface area (Å²) in [6.45, 7) is 9.11. The van der Waals surface area contributed by atoms with Crippen LogP contribution in [0.15, 0.2) is 34.0 Å². The Hall–Kier alpha value is -1.16. The van der Waals surface area contributed by atoms with Crippen LogP contribution in [0.1, 0.15) is 44.2 Å². The topological polar surface area (TPSA) is 36.1 Å². The second kappa shape index (κ2) is 8.28. The van der Waals surface area contributed by atoms with Crippen molar-refractivity contribution >= 4 is 34.6 Å². The molecule has 1 aromatic rings. The lowest BCUT2D eigenvalue weighted by atomic mass is 9.92. The number of fused-ring (bicyclic) bond motifs is 1. The molecule has 2 atom stereocenters. The van der Waals surface area contributed by atoms with E-state index in [9.17, 15) is 0 Å². The Morgan fingerprint density at radius 1 is 1.29 bits per heavy atom. The smallest absolute Gasteiger partial charge is 0.0607 e. The number of likely N-dealkylation sites (N-methyl/N-ethyl adjacent to an activating group) is 1. The Balaban J connectivity index is 2.35. The van der Waals surface area contributed by atoms with Gasteiger partial charge in [-0.05, 0) is 63.6 Å². The van der Waals surface area contributed by atoms with E-state index in [1.165, 1.54) is 16.8 Å². The van der Waals surface area contributed by atoms with Crippen LogP contribution in [0.5, 0.6) is 0 Å². The zero-order valence-corrected chi connectivity index (χ0v) is 16.6. The van der Waals surface area contributed by atoms with Crippen molar-refractivity contribution in [2.75, 3.05) is 24.2 Å². The summed E-state index contributed by atoms with van der Waals surface area (Å²) in [6, 6.07) is 4.87. The highest BCUT2D eigenvalue weighted by Crippen LogP contribution is 2.41. The predicted molar refractivity (Wildman–Crippen MR) is 107 cm³/mol. The fourth-order valence-electron chi connectivity index (χ4n) is 3.30. The molecular weight excluding hydrogens is 341 g/mol. The van der Waals surface area contributed by atoms with E-state index in [1.54, 1.807) is 6.08 Å². The van der Waals surface area contributed by atoms with Crippen molar-refractivity contribution in [3.63, 3.8) is 0 Å². The summed E-state index contributed by atoms with van der Waals surface area (Å²) in [6.07, 6.45) is 2.86. The van der Waals surface area contributed by atoms with Crippen molar-refractivity contribution in [2.24, 2.45) is 0 Å². The lowest BCUT2D eigenvalue weighted by Gasteiger charge is -2.18. The third-order valence-corrected chi connectivity index (χ3v) is 4.96. The maximum Gasteiger partial charge on any atom is 0.0607 e. The largest absolute Gasteiger partial charge is 0.381 e. The third kappa shape index (κ3) is 4.27. The van der Waals surface area contributed by atoms with Gasteiger partial charge in [0.25, 0.3) is 0 Å². The lowest BCUT2D eigenvalue weighted by molar-refractivity contribution is 0.548. The summed E-state index contributed by atoms with van der Waals surface area (Å²) < 4.78 is 0. The maximum absolute atomic E-state index is 6.29. The van der Waals surface area contributed by atoms with E-state index in [-0.39, 0.29) is 0 Å². The number of nitrogens with one attached hydrogen (secondary N) is 3. The van der Waals surface area contributed by atoms with Crippen LogP contribution in [-0.4, -0.2) is 19.6 Å². The molecule has 3 nitrogen and oxygen atoms in total. The van der Waals surface area contributed by atoms with Crippen molar-refractivity contribution in [3.8, 4) is 0 Å². The standard InChI is InChI=1S/C19H27Cl2N3/c1-6-18-16(10-22-5)15-9-14(7-11(2)19(15)24-18)23-13(4)17(21)8-12(3)20/h7-9,16,18,22-24H,6,10H2,1-5H3/b12-8+,17-13-/t16-,18-/m0/s1. The number of anilines is 2. The molecule has 0 saturated heterocycles. The molecule has 0 amide bonds. The molecule has 0 bridgehead atoms. The van der Waals surface area contributed by atoms with Crippen LogP contribution < -0.4 is 16.0 Å². The third-order valence-electron chi connectivity index (χ3n) is 4.46. The lowest BCUT2D eigenvalue weighted by Crippen LogP contribution is -2.27. The molecule has 0 saturated carbocycles. The first kappa shape index (κ1) is 19.2. The SMILES string of the molecule is CC[C@@H]1Nc2c(C)cc(N/C(C)=C(Cl)/C=C(\C)Cl)cc2[C@@H]1CNC. The van der Waals surface area contributed by atoms with E-state index in [0.29, 0.717) is 22.0 Å². The van der Waals surface area contributed by atoms with E-state index < -0.39 is 0 Å². The second-order valence-electron chi connectivity index (χ2n) is 6.41. The van der Waals surface area contributed by atoms with Crippen LogP contribution >= 0.6 is 23.2 Å². The Morgan fingerprint density at radius 3 is 2.58 bits per heavy atom. The minimum atomic E-state index is 0.472. The molecule has 1 aliphatic heterocycles. The molecule has 3 N–H and O–H groups in total. The Bertz CT molecular complexity index is 661. The van der Waals surface area contributed by atoms with Gasteiger partial charge in [-0.15, -0.1) is 0 Å². The Morgan fingerprint density at radius 2 is 2.00 bits per heavy atom. The van der Waals surface area contributed by atoms with Crippen molar-refractivity contribution in [2.45, 2.75) is 46.1 Å². The zero-order chi connectivity index (χ0) is 17.9. The zero-order valence-electron chi connectivity index (χ0n) is 15.1. The predicted octanol–water partition coefficient (Wildman–Crippen LogP) is 5.53. The molecule has 0 radical (unpaired) electrons. The van der Waals surface area contributed by atoms with Crippen molar-refractivity contribution < 1.29 is 0 Å². The highest BCUT2D eigenvalue weighted by atomic mass is 35.5. The Kier molecular flexibility index (Phi) is 6.62. The summed E-state index contributed by atoms with van der Waals surface area (Å²) in [5.74, 6) is 0.472.